The number of halogens is 1. The van der Waals surface area contributed by atoms with Crippen LogP contribution in [0, 0.1) is 5.92 Å². The van der Waals surface area contributed by atoms with Crippen molar-refractivity contribution in [3.05, 3.63) is 0 Å². The number of aliphatic hydroxyl groups excluding tert-OH is 2. The number of nitrogens with one attached hydrogen (secondary N) is 1. The third kappa shape index (κ3) is 1.94. The van der Waals surface area contributed by atoms with Crippen molar-refractivity contribution in [3.63, 3.8) is 0 Å². The topological polar surface area (TPSA) is 95.9 Å². The van der Waals surface area contributed by atoms with Gasteiger partial charge in [0.25, 0.3) is 0 Å². The first-order valence-electron chi connectivity index (χ1n) is 5.58. The van der Waals surface area contributed by atoms with Gasteiger partial charge in [-0.1, -0.05) is 29.8 Å². The standard InChI is InChI=1S/C11H18BrNO5/c1-5(2)6(14)11(9(17)18-4)7(15)10(3,12)8(16)13-11/h5-7,14-15H,1-4H3,(H,13,16)/t6-,7-,10?,11+/m0/s1. The third-order valence-corrected chi connectivity index (χ3v) is 4.12. The predicted octanol–water partition coefficient (Wildman–Crippen LogP) is -0.441. The maximum atomic E-state index is 11.9. The van der Waals surface area contributed by atoms with E-state index in [4.69, 9.17) is 0 Å². The van der Waals surface area contributed by atoms with Gasteiger partial charge in [-0.25, -0.2) is 4.79 Å². The van der Waals surface area contributed by atoms with E-state index in [1.807, 2.05) is 0 Å². The zero-order valence-electron chi connectivity index (χ0n) is 10.7. The molecule has 104 valence electrons. The molecule has 0 radical (unpaired) electrons. The number of rotatable bonds is 3. The number of methoxy groups -OCH3 is 1. The van der Waals surface area contributed by atoms with Crippen molar-refractivity contribution < 1.29 is 24.5 Å². The van der Waals surface area contributed by atoms with Crippen molar-refractivity contribution in [2.24, 2.45) is 5.92 Å². The van der Waals surface area contributed by atoms with Crippen molar-refractivity contribution in [3.8, 4) is 0 Å². The summed E-state index contributed by atoms with van der Waals surface area (Å²) in [5.74, 6) is -1.78. The number of carbonyl (C=O) groups is 2. The number of hydrogen-bond acceptors (Lipinski definition) is 5. The number of alkyl halides is 1. The SMILES string of the molecule is COC(=O)[C@]1([C@@H](O)C(C)C)NC(=O)C(C)(Br)[C@@H]1O. The molecule has 0 aromatic carbocycles. The Morgan fingerprint density at radius 3 is 2.33 bits per heavy atom. The highest BCUT2D eigenvalue weighted by molar-refractivity contribution is 9.10. The van der Waals surface area contributed by atoms with E-state index >= 15 is 0 Å². The summed E-state index contributed by atoms with van der Waals surface area (Å²) >= 11 is 3.08. The maximum Gasteiger partial charge on any atom is 0.337 e. The molecule has 0 aromatic heterocycles. The number of esters is 1. The summed E-state index contributed by atoms with van der Waals surface area (Å²) in [4.78, 5) is 23.8. The zero-order chi connectivity index (χ0) is 14.3. The summed E-state index contributed by atoms with van der Waals surface area (Å²) in [6, 6.07) is 0. The van der Waals surface area contributed by atoms with Gasteiger partial charge in [0, 0.05) is 0 Å². The lowest BCUT2D eigenvalue weighted by atomic mass is 9.80. The van der Waals surface area contributed by atoms with Crippen LogP contribution in [-0.4, -0.2) is 51.3 Å². The minimum Gasteiger partial charge on any atom is -0.467 e. The van der Waals surface area contributed by atoms with E-state index in [-0.39, 0.29) is 5.92 Å². The smallest absolute Gasteiger partial charge is 0.337 e. The highest BCUT2D eigenvalue weighted by Gasteiger charge is 2.67. The van der Waals surface area contributed by atoms with Crippen LogP contribution in [0.1, 0.15) is 20.8 Å². The van der Waals surface area contributed by atoms with E-state index in [2.05, 4.69) is 26.0 Å². The number of carbonyl (C=O) groups excluding carboxylic acids is 2. The summed E-state index contributed by atoms with van der Waals surface area (Å²) in [5, 5.41) is 22.8. The highest BCUT2D eigenvalue weighted by atomic mass is 79.9. The summed E-state index contributed by atoms with van der Waals surface area (Å²) in [7, 11) is 1.14. The van der Waals surface area contributed by atoms with E-state index in [0.29, 0.717) is 0 Å². The van der Waals surface area contributed by atoms with Gasteiger partial charge in [0.05, 0.1) is 13.2 Å². The molecule has 1 fully saturated rings. The Morgan fingerprint density at radius 1 is 1.56 bits per heavy atom. The van der Waals surface area contributed by atoms with Crippen LogP contribution in [0.25, 0.3) is 0 Å². The highest BCUT2D eigenvalue weighted by Crippen LogP contribution is 2.40. The summed E-state index contributed by atoms with van der Waals surface area (Å²) in [6.45, 7) is 4.79. The first-order chi connectivity index (χ1) is 8.12. The Morgan fingerprint density at radius 2 is 2.06 bits per heavy atom. The molecule has 1 heterocycles. The lowest BCUT2D eigenvalue weighted by Gasteiger charge is -2.37. The molecule has 0 bridgehead atoms. The largest absolute Gasteiger partial charge is 0.467 e. The zero-order valence-corrected chi connectivity index (χ0v) is 12.3. The van der Waals surface area contributed by atoms with Crippen LogP contribution in [0.4, 0.5) is 0 Å². The average Bonchev–Trinajstić information content (AvgIpc) is 2.49. The number of aliphatic hydroxyl groups is 2. The minimum absolute atomic E-state index is 0.347. The molecular formula is C11H18BrNO5. The van der Waals surface area contributed by atoms with Crippen molar-refractivity contribution in [2.45, 2.75) is 42.8 Å². The molecule has 4 atom stereocenters. The molecule has 1 saturated heterocycles. The minimum atomic E-state index is -1.85. The van der Waals surface area contributed by atoms with Gasteiger partial charge in [-0.3, -0.25) is 4.79 Å². The molecular weight excluding hydrogens is 306 g/mol. The molecule has 1 amide bonds. The van der Waals surface area contributed by atoms with Crippen LogP contribution in [0.2, 0.25) is 0 Å². The van der Waals surface area contributed by atoms with Crippen LogP contribution in [0.15, 0.2) is 0 Å². The van der Waals surface area contributed by atoms with E-state index in [1.54, 1.807) is 13.8 Å². The number of hydrogen-bond donors (Lipinski definition) is 3. The molecule has 1 unspecified atom stereocenters. The van der Waals surface area contributed by atoms with Crippen molar-refractivity contribution in [2.75, 3.05) is 7.11 Å². The Kier molecular flexibility index (Phi) is 4.10. The van der Waals surface area contributed by atoms with E-state index < -0.39 is 33.9 Å². The average molecular weight is 324 g/mol. The Balaban J connectivity index is 3.33. The molecule has 18 heavy (non-hydrogen) atoms. The van der Waals surface area contributed by atoms with Crippen LogP contribution in [0.3, 0.4) is 0 Å². The molecule has 7 heteroatoms. The predicted molar refractivity (Wildman–Crippen MR) is 67.1 cm³/mol. The van der Waals surface area contributed by atoms with Crippen LogP contribution < -0.4 is 5.32 Å². The van der Waals surface area contributed by atoms with Gasteiger partial charge in [-0.2, -0.15) is 0 Å². The third-order valence-electron chi connectivity index (χ3n) is 3.33. The Labute approximate surface area is 114 Å². The van der Waals surface area contributed by atoms with Crippen LogP contribution in [-0.2, 0) is 14.3 Å². The lowest BCUT2D eigenvalue weighted by Crippen LogP contribution is -2.66. The maximum absolute atomic E-state index is 11.9. The fraction of sp³-hybridized carbons (Fsp3) is 0.818. The van der Waals surface area contributed by atoms with Crippen LogP contribution >= 0.6 is 15.9 Å². The Hall–Kier alpha value is -0.660. The molecule has 1 aliphatic rings. The molecule has 0 aliphatic carbocycles. The first kappa shape index (κ1) is 15.4. The monoisotopic (exact) mass is 323 g/mol. The molecule has 3 N–H and O–H groups in total. The second-order valence-corrected chi connectivity index (χ2v) is 6.63. The van der Waals surface area contributed by atoms with Gasteiger partial charge in [-0.15, -0.1) is 0 Å². The van der Waals surface area contributed by atoms with E-state index in [1.165, 1.54) is 6.92 Å². The van der Waals surface area contributed by atoms with E-state index in [0.717, 1.165) is 7.11 Å². The van der Waals surface area contributed by atoms with Crippen molar-refractivity contribution >= 4 is 27.8 Å². The summed E-state index contributed by atoms with van der Waals surface area (Å²) in [5.41, 5.74) is -1.85. The summed E-state index contributed by atoms with van der Waals surface area (Å²) in [6.07, 6.45) is -2.70. The quantitative estimate of drug-likeness (QED) is 0.483. The molecule has 1 rings (SSSR count). The van der Waals surface area contributed by atoms with Gasteiger partial charge >= 0.3 is 5.97 Å². The van der Waals surface area contributed by atoms with Gasteiger partial charge < -0.3 is 20.3 Å². The molecule has 0 aromatic rings. The normalized spacial score (nSPS) is 37.6. The van der Waals surface area contributed by atoms with Gasteiger partial charge in [-0.05, 0) is 12.8 Å². The fourth-order valence-corrected chi connectivity index (χ4v) is 2.60. The molecule has 0 saturated carbocycles. The first-order valence-corrected chi connectivity index (χ1v) is 6.37. The van der Waals surface area contributed by atoms with Gasteiger partial charge in [0.2, 0.25) is 5.91 Å². The molecule has 6 nitrogen and oxygen atoms in total. The molecule has 1 aliphatic heterocycles. The number of ether oxygens (including phenoxy) is 1. The fourth-order valence-electron chi connectivity index (χ4n) is 2.14. The van der Waals surface area contributed by atoms with Gasteiger partial charge in [0.15, 0.2) is 5.54 Å². The van der Waals surface area contributed by atoms with Crippen molar-refractivity contribution in [1.82, 2.24) is 5.32 Å². The van der Waals surface area contributed by atoms with Crippen LogP contribution in [0.5, 0.6) is 0 Å². The second kappa shape index (κ2) is 4.79. The summed E-state index contributed by atoms with van der Waals surface area (Å²) < 4.78 is 3.28. The van der Waals surface area contributed by atoms with Crippen molar-refractivity contribution in [1.29, 1.82) is 0 Å². The van der Waals surface area contributed by atoms with Gasteiger partial charge in [0.1, 0.15) is 10.4 Å². The Bertz CT molecular complexity index is 370. The molecule has 0 spiro atoms. The second-order valence-electron chi connectivity index (χ2n) is 4.98. The number of amides is 1. The lowest BCUT2D eigenvalue weighted by molar-refractivity contribution is -0.162. The van der Waals surface area contributed by atoms with E-state index in [9.17, 15) is 19.8 Å².